The van der Waals surface area contributed by atoms with E-state index in [2.05, 4.69) is 5.32 Å². The highest BCUT2D eigenvalue weighted by Crippen LogP contribution is 2.27. The van der Waals surface area contributed by atoms with Crippen molar-refractivity contribution < 1.29 is 24.2 Å². The largest absolute Gasteiger partial charge is 0.492 e. The van der Waals surface area contributed by atoms with Crippen molar-refractivity contribution in [2.75, 3.05) is 31.6 Å². The monoisotopic (exact) mass is 482 g/mol. The third-order valence-electron chi connectivity index (χ3n) is 6.57. The van der Waals surface area contributed by atoms with Crippen LogP contribution in [0, 0.1) is 12.8 Å². The average molecular weight is 483 g/mol. The number of anilines is 1. The summed E-state index contributed by atoms with van der Waals surface area (Å²) in [6, 6.07) is 15.0. The van der Waals surface area contributed by atoms with Crippen LogP contribution in [0.3, 0.4) is 0 Å². The lowest BCUT2D eigenvalue weighted by Gasteiger charge is -2.25. The summed E-state index contributed by atoms with van der Waals surface area (Å²) < 4.78 is 11.2. The van der Waals surface area contributed by atoms with Gasteiger partial charge >= 0.3 is 12.0 Å². The minimum absolute atomic E-state index is 0.105. The van der Waals surface area contributed by atoms with Crippen LogP contribution in [0.2, 0.25) is 0 Å². The van der Waals surface area contributed by atoms with Crippen LogP contribution < -0.4 is 10.1 Å². The normalized spacial score (nSPS) is 14.5. The molecule has 0 bridgehead atoms. The van der Waals surface area contributed by atoms with Gasteiger partial charge in [0.15, 0.2) is 6.10 Å². The fourth-order valence-electron chi connectivity index (χ4n) is 4.49. The lowest BCUT2D eigenvalue weighted by molar-refractivity contribution is -0.149. The summed E-state index contributed by atoms with van der Waals surface area (Å²) in [4.78, 5) is 26.2. The van der Waals surface area contributed by atoms with E-state index in [4.69, 9.17) is 9.47 Å². The first-order chi connectivity index (χ1) is 17.0. The number of carbonyl (C=O) groups excluding carboxylic acids is 1. The van der Waals surface area contributed by atoms with Crippen molar-refractivity contribution in [1.29, 1.82) is 0 Å². The lowest BCUT2D eigenvalue weighted by Crippen LogP contribution is -2.39. The molecule has 0 aliphatic heterocycles. The van der Waals surface area contributed by atoms with E-state index in [0.29, 0.717) is 44.4 Å². The zero-order valence-electron chi connectivity index (χ0n) is 20.9. The number of hydrogen-bond acceptors (Lipinski definition) is 4. The summed E-state index contributed by atoms with van der Waals surface area (Å²) in [5, 5.41) is 12.3. The number of hydrogen-bond donors (Lipinski definition) is 2. The number of aryl methyl sites for hydroxylation is 1. The molecule has 2 aromatic rings. The minimum atomic E-state index is -0.964. The number of ether oxygens (including phenoxy) is 2. The Morgan fingerprint density at radius 3 is 2.46 bits per heavy atom. The topological polar surface area (TPSA) is 88.1 Å². The van der Waals surface area contributed by atoms with Crippen LogP contribution in [0.5, 0.6) is 5.75 Å². The van der Waals surface area contributed by atoms with Gasteiger partial charge in [-0.25, -0.2) is 9.59 Å². The fourth-order valence-corrected chi connectivity index (χ4v) is 4.49. The van der Waals surface area contributed by atoms with E-state index in [1.807, 2.05) is 60.4 Å². The van der Waals surface area contributed by atoms with Crippen molar-refractivity contribution in [3.8, 4) is 5.75 Å². The molecule has 35 heavy (non-hydrogen) atoms. The maximum Gasteiger partial charge on any atom is 0.333 e. The van der Waals surface area contributed by atoms with E-state index >= 15 is 0 Å². The van der Waals surface area contributed by atoms with Crippen molar-refractivity contribution in [2.24, 2.45) is 5.92 Å². The van der Waals surface area contributed by atoms with Gasteiger partial charge in [-0.1, -0.05) is 56.0 Å². The van der Waals surface area contributed by atoms with Gasteiger partial charge in [-0.05, 0) is 55.5 Å². The second kappa shape index (κ2) is 13.7. The van der Waals surface area contributed by atoms with Gasteiger partial charge < -0.3 is 24.8 Å². The van der Waals surface area contributed by atoms with Crippen LogP contribution in [0.1, 0.15) is 50.2 Å². The number of para-hydroxylation sites is 1. The van der Waals surface area contributed by atoms with Gasteiger partial charge in [0.25, 0.3) is 0 Å². The van der Waals surface area contributed by atoms with E-state index in [1.54, 1.807) is 6.92 Å². The Hall–Kier alpha value is -3.06. The molecule has 0 saturated heterocycles. The van der Waals surface area contributed by atoms with Gasteiger partial charge in [0.1, 0.15) is 12.4 Å². The van der Waals surface area contributed by atoms with Gasteiger partial charge in [-0.2, -0.15) is 0 Å². The molecule has 1 saturated carbocycles. The van der Waals surface area contributed by atoms with E-state index in [-0.39, 0.29) is 6.03 Å². The molecule has 0 radical (unpaired) electrons. The Kier molecular flexibility index (Phi) is 10.4. The van der Waals surface area contributed by atoms with Gasteiger partial charge in [0, 0.05) is 25.3 Å². The number of nitrogens with one attached hydrogen (secondary N) is 1. The summed E-state index contributed by atoms with van der Waals surface area (Å²) in [7, 11) is 0. The average Bonchev–Trinajstić information content (AvgIpc) is 3.37. The number of amides is 2. The summed E-state index contributed by atoms with van der Waals surface area (Å²) in [5.41, 5.74) is 2.72. The van der Waals surface area contributed by atoms with Crippen molar-refractivity contribution in [1.82, 2.24) is 4.90 Å². The highest BCUT2D eigenvalue weighted by molar-refractivity contribution is 5.90. The molecule has 2 amide bonds. The van der Waals surface area contributed by atoms with Gasteiger partial charge in [0.2, 0.25) is 0 Å². The molecule has 1 aliphatic rings. The highest BCUT2D eigenvalue weighted by atomic mass is 16.5. The third-order valence-corrected chi connectivity index (χ3v) is 6.57. The number of carbonyl (C=O) groups is 2. The molecule has 2 aromatic carbocycles. The van der Waals surface area contributed by atoms with E-state index < -0.39 is 12.1 Å². The van der Waals surface area contributed by atoms with Crippen LogP contribution in [0.4, 0.5) is 10.5 Å². The molecule has 190 valence electrons. The molecule has 1 unspecified atom stereocenters. The van der Waals surface area contributed by atoms with Crippen LogP contribution >= 0.6 is 0 Å². The Morgan fingerprint density at radius 1 is 1.09 bits per heavy atom. The molecule has 0 spiro atoms. The predicted molar refractivity (Wildman–Crippen MR) is 137 cm³/mol. The summed E-state index contributed by atoms with van der Waals surface area (Å²) >= 11 is 0. The number of carboxylic acid groups (broad SMARTS) is 1. The summed E-state index contributed by atoms with van der Waals surface area (Å²) in [6.07, 6.45) is 5.54. The van der Waals surface area contributed by atoms with Crippen LogP contribution in [0.25, 0.3) is 0 Å². The maximum absolute atomic E-state index is 13.1. The Balaban J connectivity index is 1.54. The second-order valence-corrected chi connectivity index (χ2v) is 9.15. The number of aliphatic carboxylic acids is 1. The Bertz CT molecular complexity index is 941. The van der Waals surface area contributed by atoms with Gasteiger partial charge in [0.05, 0.1) is 6.54 Å². The molecule has 0 aromatic heterocycles. The standard InChI is InChI=1S/C28H38N2O5/c1-3-34-26(27(31)32)20-23-12-14-24(15-13-23)35-19-18-30(17-16-22-9-5-6-10-22)28(33)29-25-11-7-4-8-21(25)2/h4,7-8,11-15,22,26H,3,5-6,9-10,16-20H2,1-2H3,(H,29,33)(H,31,32). The van der Waals surface area contributed by atoms with Crippen LogP contribution in [0.15, 0.2) is 48.5 Å². The molecule has 0 heterocycles. The van der Waals surface area contributed by atoms with E-state index in [1.165, 1.54) is 25.7 Å². The molecule has 1 fully saturated rings. The maximum atomic E-state index is 13.1. The van der Waals surface area contributed by atoms with E-state index in [9.17, 15) is 14.7 Å². The lowest BCUT2D eigenvalue weighted by atomic mass is 10.0. The number of carboxylic acids is 1. The number of nitrogens with zero attached hydrogens (tertiary/aromatic N) is 1. The Morgan fingerprint density at radius 2 is 1.80 bits per heavy atom. The van der Waals surface area contributed by atoms with Gasteiger partial charge in [-0.3, -0.25) is 0 Å². The summed E-state index contributed by atoms with van der Waals surface area (Å²) in [6.45, 7) is 5.69. The number of benzene rings is 2. The minimum Gasteiger partial charge on any atom is -0.492 e. The Labute approximate surface area is 208 Å². The molecule has 2 N–H and O–H groups in total. The third kappa shape index (κ3) is 8.58. The molecular weight excluding hydrogens is 444 g/mol. The van der Waals surface area contributed by atoms with Crippen molar-refractivity contribution in [2.45, 2.75) is 58.5 Å². The number of urea groups is 1. The SMILES string of the molecule is CCOC(Cc1ccc(OCCN(CCC2CCCC2)C(=O)Nc2ccccc2C)cc1)C(=O)O. The molecule has 1 aliphatic carbocycles. The first-order valence-electron chi connectivity index (χ1n) is 12.6. The molecule has 7 nitrogen and oxygen atoms in total. The molecular formula is C28H38N2O5. The van der Waals surface area contributed by atoms with Crippen molar-refractivity contribution >= 4 is 17.7 Å². The predicted octanol–water partition coefficient (Wildman–Crippen LogP) is 5.52. The van der Waals surface area contributed by atoms with Crippen LogP contribution in [-0.4, -0.2) is 54.4 Å². The van der Waals surface area contributed by atoms with Crippen molar-refractivity contribution in [3.63, 3.8) is 0 Å². The number of rotatable bonds is 13. The smallest absolute Gasteiger partial charge is 0.333 e. The zero-order valence-corrected chi connectivity index (χ0v) is 20.9. The zero-order chi connectivity index (χ0) is 25.0. The first kappa shape index (κ1) is 26.5. The summed E-state index contributed by atoms with van der Waals surface area (Å²) in [5.74, 6) is 0.421. The molecule has 1 atom stereocenters. The molecule has 3 rings (SSSR count). The highest BCUT2D eigenvalue weighted by Gasteiger charge is 2.20. The van der Waals surface area contributed by atoms with Gasteiger partial charge in [-0.15, -0.1) is 0 Å². The van der Waals surface area contributed by atoms with Crippen molar-refractivity contribution in [3.05, 3.63) is 59.7 Å². The van der Waals surface area contributed by atoms with E-state index in [0.717, 1.165) is 23.2 Å². The first-order valence-corrected chi connectivity index (χ1v) is 12.6. The quantitative estimate of drug-likeness (QED) is 0.392. The molecule has 7 heteroatoms. The fraction of sp³-hybridized carbons (Fsp3) is 0.500. The second-order valence-electron chi connectivity index (χ2n) is 9.15. The van der Waals surface area contributed by atoms with Crippen LogP contribution in [-0.2, 0) is 16.0 Å².